The average Bonchev–Trinajstić information content (AvgIpc) is 3.17. The van der Waals surface area contributed by atoms with Crippen molar-refractivity contribution in [2.45, 2.75) is 213 Å². The van der Waals surface area contributed by atoms with E-state index >= 15 is 0 Å². The van der Waals surface area contributed by atoms with Crippen molar-refractivity contribution in [2.75, 3.05) is 47.5 Å². The Hall–Kier alpha value is -1.77. The zero-order valence-electron chi connectivity index (χ0n) is 38.2. The van der Waals surface area contributed by atoms with Crippen LogP contribution in [0.5, 0.6) is 0 Å². The minimum atomic E-state index is -4.63. The molecule has 0 spiro atoms. The Morgan fingerprint density at radius 2 is 0.983 bits per heavy atom. The lowest BCUT2D eigenvalue weighted by atomic mass is 10.0. The van der Waals surface area contributed by atoms with Crippen molar-refractivity contribution < 1.29 is 42.1 Å². The maximum atomic E-state index is 12.7. The fourth-order valence-corrected chi connectivity index (χ4v) is 7.22. The average molecular weight is 840 g/mol. The predicted octanol–water partition coefficient (Wildman–Crippen LogP) is 13.1. The normalized spacial score (nSPS) is 13.8. The minimum absolute atomic E-state index is 0.0329. The number of carbonyl (C=O) groups is 2. The first-order valence-corrected chi connectivity index (χ1v) is 25.2. The van der Waals surface area contributed by atoms with Crippen LogP contribution in [0.3, 0.4) is 0 Å². The molecule has 0 heterocycles. The number of esters is 2. The maximum absolute atomic E-state index is 12.7. The second kappa shape index (κ2) is 40.6. The highest BCUT2D eigenvalue weighted by molar-refractivity contribution is 7.45. The molecule has 0 aromatic carbocycles. The molecule has 2 atom stereocenters. The number of nitrogens with zero attached hydrogens (tertiary/aromatic N) is 1. The standard InChI is InChI=1S/C48H90NO8P/c1-6-8-10-12-14-16-18-20-22-23-24-25-27-29-31-33-35-37-39-41-48(51)57-46(45-56-58(52,53)55-43-42-49(3,4)5)44-54-47(50)40-38-36-34-32-30-28-26-21-19-17-15-13-11-9-7-2/h9,11,15,17,21,26,46H,6-8,10,12-14,16,18-20,22-25,27-45H2,1-5H3/b11-9+,17-15+,26-21+/t46-/m1/s1. The van der Waals surface area contributed by atoms with Crippen molar-refractivity contribution in [1.29, 1.82) is 0 Å². The monoisotopic (exact) mass is 840 g/mol. The van der Waals surface area contributed by atoms with E-state index in [0.29, 0.717) is 23.9 Å². The van der Waals surface area contributed by atoms with Gasteiger partial charge in [0.25, 0.3) is 7.82 Å². The molecule has 340 valence electrons. The first-order valence-electron chi connectivity index (χ1n) is 23.7. The molecule has 9 nitrogen and oxygen atoms in total. The van der Waals surface area contributed by atoms with E-state index in [2.05, 4.69) is 50.3 Å². The zero-order valence-corrected chi connectivity index (χ0v) is 39.1. The van der Waals surface area contributed by atoms with E-state index in [9.17, 15) is 19.0 Å². The van der Waals surface area contributed by atoms with Gasteiger partial charge in [-0.3, -0.25) is 14.2 Å². The molecule has 0 aromatic heterocycles. The van der Waals surface area contributed by atoms with Crippen molar-refractivity contribution in [2.24, 2.45) is 0 Å². The quantitative estimate of drug-likeness (QED) is 0.0196. The van der Waals surface area contributed by atoms with Crippen LogP contribution in [-0.2, 0) is 32.7 Å². The summed E-state index contributed by atoms with van der Waals surface area (Å²) in [7, 11) is 1.16. The van der Waals surface area contributed by atoms with Gasteiger partial charge in [0.1, 0.15) is 19.8 Å². The number of unbranched alkanes of at least 4 members (excludes halogenated alkanes) is 23. The van der Waals surface area contributed by atoms with E-state index in [1.807, 2.05) is 21.1 Å². The van der Waals surface area contributed by atoms with Crippen LogP contribution in [0.4, 0.5) is 0 Å². The van der Waals surface area contributed by atoms with Gasteiger partial charge in [-0.15, -0.1) is 0 Å². The zero-order chi connectivity index (χ0) is 42.8. The number of carbonyl (C=O) groups excluding carboxylic acids is 2. The van der Waals surface area contributed by atoms with Crippen LogP contribution in [0.25, 0.3) is 0 Å². The molecular weight excluding hydrogens is 750 g/mol. The van der Waals surface area contributed by atoms with Crippen LogP contribution in [0.15, 0.2) is 36.5 Å². The SMILES string of the molecule is CC/C=C/C/C=C/C/C=C/CCCCCCCC(=O)OC[C@H](COP(=O)([O-])OCC[N+](C)(C)C)OC(=O)CCCCCCCCCCCCCCCCCCCCC. The molecule has 0 aliphatic carbocycles. The van der Waals surface area contributed by atoms with Gasteiger partial charge in [0.2, 0.25) is 0 Å². The summed E-state index contributed by atoms with van der Waals surface area (Å²) in [6.45, 7) is 4.12. The van der Waals surface area contributed by atoms with E-state index in [0.717, 1.165) is 64.2 Å². The summed E-state index contributed by atoms with van der Waals surface area (Å²) in [5, 5.41) is 0. The van der Waals surface area contributed by atoms with Crippen molar-refractivity contribution in [1.82, 2.24) is 0 Å². The van der Waals surface area contributed by atoms with Crippen molar-refractivity contribution in [3.05, 3.63) is 36.5 Å². The summed E-state index contributed by atoms with van der Waals surface area (Å²) >= 11 is 0. The van der Waals surface area contributed by atoms with Gasteiger partial charge in [0.05, 0.1) is 27.7 Å². The van der Waals surface area contributed by atoms with Gasteiger partial charge in [-0.05, 0) is 44.9 Å². The lowest BCUT2D eigenvalue weighted by Gasteiger charge is -2.28. The largest absolute Gasteiger partial charge is 0.756 e. The Balaban J connectivity index is 4.29. The summed E-state index contributed by atoms with van der Waals surface area (Å²) in [6.07, 6.45) is 46.0. The summed E-state index contributed by atoms with van der Waals surface area (Å²) < 4.78 is 34.0. The van der Waals surface area contributed by atoms with E-state index in [4.69, 9.17) is 18.5 Å². The lowest BCUT2D eigenvalue weighted by molar-refractivity contribution is -0.870. The molecule has 58 heavy (non-hydrogen) atoms. The highest BCUT2D eigenvalue weighted by Gasteiger charge is 2.21. The van der Waals surface area contributed by atoms with Crippen molar-refractivity contribution in [3.8, 4) is 0 Å². The highest BCUT2D eigenvalue weighted by Crippen LogP contribution is 2.38. The van der Waals surface area contributed by atoms with Crippen LogP contribution >= 0.6 is 7.82 Å². The number of phosphoric acid groups is 1. The molecule has 0 saturated heterocycles. The molecule has 0 aliphatic heterocycles. The van der Waals surface area contributed by atoms with E-state index in [1.54, 1.807) is 0 Å². The number of allylic oxidation sites excluding steroid dienone is 6. The van der Waals surface area contributed by atoms with Crippen LogP contribution in [0.1, 0.15) is 206 Å². The Bertz CT molecular complexity index is 1090. The number of ether oxygens (including phenoxy) is 2. The molecule has 0 rings (SSSR count). The van der Waals surface area contributed by atoms with Crippen molar-refractivity contribution in [3.63, 3.8) is 0 Å². The summed E-state index contributed by atoms with van der Waals surface area (Å²) in [5.41, 5.74) is 0. The van der Waals surface area contributed by atoms with Gasteiger partial charge in [0, 0.05) is 12.8 Å². The lowest BCUT2D eigenvalue weighted by Crippen LogP contribution is -2.37. The molecule has 0 radical (unpaired) electrons. The second-order valence-electron chi connectivity index (χ2n) is 17.1. The third-order valence-corrected chi connectivity index (χ3v) is 11.1. The van der Waals surface area contributed by atoms with Gasteiger partial charge in [-0.1, -0.05) is 185 Å². The summed E-state index contributed by atoms with van der Waals surface area (Å²) in [5.74, 6) is -0.847. The topological polar surface area (TPSA) is 111 Å². The summed E-state index contributed by atoms with van der Waals surface area (Å²) in [6, 6.07) is 0. The Labute approximate surface area is 357 Å². The number of phosphoric ester groups is 1. The summed E-state index contributed by atoms with van der Waals surface area (Å²) in [4.78, 5) is 37.6. The maximum Gasteiger partial charge on any atom is 0.306 e. The molecule has 0 amide bonds. The number of hydrogen-bond acceptors (Lipinski definition) is 8. The highest BCUT2D eigenvalue weighted by atomic mass is 31.2. The van der Waals surface area contributed by atoms with Gasteiger partial charge in [-0.2, -0.15) is 0 Å². The predicted molar refractivity (Wildman–Crippen MR) is 241 cm³/mol. The molecule has 0 aliphatic rings. The third-order valence-electron chi connectivity index (χ3n) is 10.2. The van der Waals surface area contributed by atoms with Crippen LogP contribution in [-0.4, -0.2) is 70.0 Å². The molecule has 0 saturated carbocycles. The second-order valence-corrected chi connectivity index (χ2v) is 18.5. The third kappa shape index (κ3) is 43.8. The first kappa shape index (κ1) is 56.2. The van der Waals surface area contributed by atoms with Gasteiger partial charge in [-0.25, -0.2) is 0 Å². The number of rotatable bonds is 43. The van der Waals surface area contributed by atoms with Gasteiger partial charge in [0.15, 0.2) is 6.10 Å². The van der Waals surface area contributed by atoms with Crippen molar-refractivity contribution >= 4 is 19.8 Å². The molecular formula is C48H90NO8P. The molecule has 0 fully saturated rings. The molecule has 0 bridgehead atoms. The molecule has 10 heteroatoms. The smallest absolute Gasteiger partial charge is 0.306 e. The fraction of sp³-hybridized carbons (Fsp3) is 0.833. The van der Waals surface area contributed by atoms with Gasteiger partial charge >= 0.3 is 11.9 Å². The van der Waals surface area contributed by atoms with E-state index in [-0.39, 0.29) is 26.1 Å². The molecule has 0 aromatic rings. The molecule has 0 N–H and O–H groups in total. The van der Waals surface area contributed by atoms with E-state index in [1.165, 1.54) is 103 Å². The number of hydrogen-bond donors (Lipinski definition) is 0. The first-order chi connectivity index (χ1) is 28.0. The van der Waals surface area contributed by atoms with Crippen LogP contribution < -0.4 is 4.89 Å². The fourth-order valence-electron chi connectivity index (χ4n) is 6.49. The number of quaternary nitrogens is 1. The van der Waals surface area contributed by atoms with Crippen LogP contribution in [0.2, 0.25) is 0 Å². The minimum Gasteiger partial charge on any atom is -0.756 e. The van der Waals surface area contributed by atoms with Crippen LogP contribution in [0, 0.1) is 0 Å². The Kier molecular flexibility index (Phi) is 39.4. The molecule has 1 unspecified atom stereocenters. The Morgan fingerprint density at radius 1 is 0.552 bits per heavy atom. The Morgan fingerprint density at radius 3 is 1.47 bits per heavy atom. The number of likely N-dealkylation sites (N-methyl/N-ethyl adjacent to an activating group) is 1. The van der Waals surface area contributed by atoms with Gasteiger partial charge < -0.3 is 27.9 Å². The van der Waals surface area contributed by atoms with E-state index < -0.39 is 32.5 Å².